The van der Waals surface area contributed by atoms with Crippen LogP contribution in [0.1, 0.15) is 41.6 Å². The molecule has 2 aromatic carbocycles. The SMILES string of the molecule is O=C(N[C@@H]1CCOC1)c1ccc(CN([C@@H]2CCCCNC2=O)S(=O)(=O)c2ccc(Cl)cc2)cc1. The van der Waals surface area contributed by atoms with Gasteiger partial charge in [0, 0.05) is 30.3 Å². The van der Waals surface area contributed by atoms with Crippen LogP contribution in [0.25, 0.3) is 0 Å². The van der Waals surface area contributed by atoms with E-state index in [0.717, 1.165) is 19.3 Å². The van der Waals surface area contributed by atoms with Crippen LogP contribution in [0.5, 0.6) is 0 Å². The van der Waals surface area contributed by atoms with E-state index in [4.69, 9.17) is 16.3 Å². The molecule has 0 radical (unpaired) electrons. The lowest BCUT2D eigenvalue weighted by Gasteiger charge is -2.29. The van der Waals surface area contributed by atoms with Crippen LogP contribution in [0.15, 0.2) is 53.4 Å². The van der Waals surface area contributed by atoms with E-state index in [0.29, 0.717) is 42.3 Å². The van der Waals surface area contributed by atoms with Crippen LogP contribution in [0.4, 0.5) is 0 Å². The van der Waals surface area contributed by atoms with Crippen LogP contribution in [0.3, 0.4) is 0 Å². The molecule has 2 amide bonds. The Morgan fingerprint density at radius 2 is 1.82 bits per heavy atom. The third-order valence-electron chi connectivity index (χ3n) is 6.09. The summed E-state index contributed by atoms with van der Waals surface area (Å²) in [7, 11) is -3.99. The summed E-state index contributed by atoms with van der Waals surface area (Å²) in [6.07, 6.45) is 2.75. The molecule has 2 heterocycles. The molecule has 0 unspecified atom stereocenters. The van der Waals surface area contributed by atoms with Gasteiger partial charge in [0.2, 0.25) is 15.9 Å². The molecule has 2 fully saturated rings. The number of hydrogen-bond acceptors (Lipinski definition) is 5. The van der Waals surface area contributed by atoms with Gasteiger partial charge in [0.25, 0.3) is 5.91 Å². The standard InChI is InChI=1S/C24H28ClN3O5S/c25-19-8-10-21(11-9-19)34(31,32)28(22-3-1-2-13-26-24(22)30)15-17-4-6-18(7-5-17)23(29)27-20-12-14-33-16-20/h4-11,20,22H,1-3,12-16H2,(H,26,30)(H,27,29)/t20-,22-/m1/s1. The van der Waals surface area contributed by atoms with E-state index in [-0.39, 0.29) is 29.3 Å². The first-order valence-corrected chi connectivity index (χ1v) is 13.2. The van der Waals surface area contributed by atoms with E-state index in [1.807, 2.05) is 0 Å². The van der Waals surface area contributed by atoms with Crippen molar-refractivity contribution in [1.82, 2.24) is 14.9 Å². The summed E-state index contributed by atoms with van der Waals surface area (Å²) < 4.78 is 33.7. The van der Waals surface area contributed by atoms with Crippen molar-refractivity contribution in [2.24, 2.45) is 0 Å². The van der Waals surface area contributed by atoms with Crippen LogP contribution >= 0.6 is 11.6 Å². The summed E-state index contributed by atoms with van der Waals surface area (Å²) in [5, 5.41) is 6.19. The maximum Gasteiger partial charge on any atom is 0.251 e. The van der Waals surface area contributed by atoms with Gasteiger partial charge >= 0.3 is 0 Å². The van der Waals surface area contributed by atoms with E-state index in [9.17, 15) is 18.0 Å². The number of carbonyl (C=O) groups excluding carboxylic acids is 2. The van der Waals surface area contributed by atoms with Gasteiger partial charge in [-0.05, 0) is 67.6 Å². The highest BCUT2D eigenvalue weighted by Gasteiger charge is 2.36. The van der Waals surface area contributed by atoms with Crippen molar-refractivity contribution < 1.29 is 22.7 Å². The van der Waals surface area contributed by atoms with E-state index >= 15 is 0 Å². The molecule has 2 saturated heterocycles. The molecule has 4 rings (SSSR count). The van der Waals surface area contributed by atoms with Crippen molar-refractivity contribution in [3.8, 4) is 0 Å². The zero-order valence-electron chi connectivity index (χ0n) is 18.7. The number of amides is 2. The fourth-order valence-electron chi connectivity index (χ4n) is 4.16. The minimum Gasteiger partial charge on any atom is -0.379 e. The Kier molecular flexibility index (Phi) is 7.88. The Hall–Kier alpha value is -2.46. The van der Waals surface area contributed by atoms with Gasteiger partial charge in [-0.2, -0.15) is 4.31 Å². The van der Waals surface area contributed by atoms with Crippen LogP contribution in [-0.4, -0.2) is 56.4 Å². The number of ether oxygens (including phenoxy) is 1. The van der Waals surface area contributed by atoms with Gasteiger partial charge in [0.05, 0.1) is 17.5 Å². The first-order valence-electron chi connectivity index (χ1n) is 11.4. The average Bonchev–Trinajstić information content (AvgIpc) is 3.24. The lowest BCUT2D eigenvalue weighted by Crippen LogP contribution is -2.48. The van der Waals surface area contributed by atoms with Gasteiger partial charge in [0.15, 0.2) is 0 Å². The van der Waals surface area contributed by atoms with Crippen molar-refractivity contribution in [1.29, 1.82) is 0 Å². The predicted molar refractivity (Wildman–Crippen MR) is 128 cm³/mol. The normalized spacial score (nSPS) is 21.2. The quantitative estimate of drug-likeness (QED) is 0.602. The second kappa shape index (κ2) is 10.9. The molecular formula is C24H28ClN3O5S. The summed E-state index contributed by atoms with van der Waals surface area (Å²) in [6.45, 7) is 1.67. The average molecular weight is 506 g/mol. The highest BCUT2D eigenvalue weighted by Crippen LogP contribution is 2.26. The minimum absolute atomic E-state index is 0.000866. The number of nitrogens with one attached hydrogen (secondary N) is 2. The lowest BCUT2D eigenvalue weighted by atomic mass is 10.1. The number of rotatable bonds is 7. The van der Waals surface area contributed by atoms with Crippen LogP contribution in [0.2, 0.25) is 5.02 Å². The monoisotopic (exact) mass is 505 g/mol. The lowest BCUT2D eigenvalue weighted by molar-refractivity contribution is -0.124. The second-order valence-electron chi connectivity index (χ2n) is 8.54. The van der Waals surface area contributed by atoms with Crippen LogP contribution < -0.4 is 10.6 Å². The highest BCUT2D eigenvalue weighted by molar-refractivity contribution is 7.89. The molecule has 2 aromatic rings. The predicted octanol–water partition coefficient (Wildman–Crippen LogP) is 2.72. The molecule has 2 atom stereocenters. The molecule has 2 aliphatic rings. The number of sulfonamides is 1. The molecule has 2 aliphatic heterocycles. The van der Waals surface area contributed by atoms with Gasteiger partial charge < -0.3 is 15.4 Å². The van der Waals surface area contributed by atoms with Crippen molar-refractivity contribution in [2.45, 2.75) is 49.2 Å². The fourth-order valence-corrected chi connectivity index (χ4v) is 5.89. The van der Waals surface area contributed by atoms with Crippen molar-refractivity contribution in [3.63, 3.8) is 0 Å². The molecule has 0 aliphatic carbocycles. The van der Waals surface area contributed by atoms with Gasteiger partial charge in [-0.25, -0.2) is 8.42 Å². The van der Waals surface area contributed by atoms with E-state index in [1.54, 1.807) is 24.3 Å². The number of nitrogens with zero attached hydrogens (tertiary/aromatic N) is 1. The van der Waals surface area contributed by atoms with Crippen LogP contribution in [0, 0.1) is 0 Å². The molecule has 0 bridgehead atoms. The van der Waals surface area contributed by atoms with Gasteiger partial charge in [-0.1, -0.05) is 23.7 Å². The maximum absolute atomic E-state index is 13.6. The summed E-state index contributed by atoms with van der Waals surface area (Å²) >= 11 is 5.95. The Labute approximate surface area is 204 Å². The largest absolute Gasteiger partial charge is 0.379 e. The Morgan fingerprint density at radius 3 is 2.50 bits per heavy atom. The Morgan fingerprint density at radius 1 is 1.09 bits per heavy atom. The Bertz CT molecular complexity index is 1120. The van der Waals surface area contributed by atoms with E-state index < -0.39 is 16.1 Å². The number of hydrogen-bond donors (Lipinski definition) is 2. The molecule has 8 nitrogen and oxygen atoms in total. The molecular weight excluding hydrogens is 478 g/mol. The fraction of sp³-hybridized carbons (Fsp3) is 0.417. The number of carbonyl (C=O) groups is 2. The topological polar surface area (TPSA) is 105 Å². The minimum atomic E-state index is -3.99. The van der Waals surface area contributed by atoms with Crippen molar-refractivity contribution >= 4 is 33.4 Å². The van der Waals surface area contributed by atoms with E-state index in [2.05, 4.69) is 10.6 Å². The zero-order valence-corrected chi connectivity index (χ0v) is 20.3. The molecule has 0 aromatic heterocycles. The highest BCUT2D eigenvalue weighted by atomic mass is 35.5. The summed E-state index contributed by atoms with van der Waals surface area (Å²) in [6, 6.07) is 11.9. The molecule has 182 valence electrons. The van der Waals surface area contributed by atoms with E-state index in [1.165, 1.54) is 28.6 Å². The summed E-state index contributed by atoms with van der Waals surface area (Å²) in [5.74, 6) is -0.499. The first-order chi connectivity index (χ1) is 16.3. The van der Waals surface area contributed by atoms with Gasteiger partial charge in [0.1, 0.15) is 6.04 Å². The molecule has 0 spiro atoms. The van der Waals surface area contributed by atoms with Crippen LogP contribution in [-0.2, 0) is 26.1 Å². The molecule has 0 saturated carbocycles. The third kappa shape index (κ3) is 5.78. The molecule has 2 N–H and O–H groups in total. The molecule has 34 heavy (non-hydrogen) atoms. The smallest absolute Gasteiger partial charge is 0.251 e. The maximum atomic E-state index is 13.6. The van der Waals surface area contributed by atoms with Crippen molar-refractivity contribution in [2.75, 3.05) is 19.8 Å². The number of halogens is 1. The van der Waals surface area contributed by atoms with Crippen molar-refractivity contribution in [3.05, 3.63) is 64.7 Å². The summed E-state index contributed by atoms with van der Waals surface area (Å²) in [4.78, 5) is 25.4. The second-order valence-corrected chi connectivity index (χ2v) is 10.9. The summed E-state index contributed by atoms with van der Waals surface area (Å²) in [5.41, 5.74) is 1.16. The third-order valence-corrected chi connectivity index (χ3v) is 8.21. The van der Waals surface area contributed by atoms with Gasteiger partial charge in [-0.15, -0.1) is 0 Å². The Balaban J connectivity index is 1.58. The number of benzene rings is 2. The zero-order chi connectivity index (χ0) is 24.1. The first kappa shape index (κ1) is 24.7. The van der Waals surface area contributed by atoms with Gasteiger partial charge in [-0.3, -0.25) is 9.59 Å². The molecule has 10 heteroatoms.